The van der Waals surface area contributed by atoms with Crippen molar-refractivity contribution >= 4 is 0 Å². The molecular weight excluding hydrogens is 598 g/mol. The molecule has 0 aromatic carbocycles. The van der Waals surface area contributed by atoms with Crippen molar-refractivity contribution in [1.29, 1.82) is 0 Å². The van der Waals surface area contributed by atoms with Crippen LogP contribution in [0.15, 0.2) is 12.1 Å². The van der Waals surface area contributed by atoms with Crippen LogP contribution in [0.25, 0.3) is 0 Å². The lowest BCUT2D eigenvalue weighted by molar-refractivity contribution is -0.570. The van der Waals surface area contributed by atoms with Crippen molar-refractivity contribution in [2.24, 2.45) is 0 Å². The number of hydrogen-bond donors (Lipinski definition) is 0. The van der Waals surface area contributed by atoms with E-state index in [0.717, 1.165) is 9.47 Å². The highest BCUT2D eigenvalue weighted by atomic mass is 19.4. The Morgan fingerprint density at radius 3 is 0.972 bits per heavy atom. The minimum absolute atomic E-state index is 1.04. The molecule has 0 saturated carbocycles. The second-order valence-corrected chi connectivity index (χ2v) is 5.65. The van der Waals surface area contributed by atoms with Crippen molar-refractivity contribution in [2.45, 2.75) is 54.5 Å². The zero-order valence-corrected chi connectivity index (χ0v) is 15.0. The number of rotatable bonds is 9. The van der Waals surface area contributed by atoms with Gasteiger partial charge in [-0.1, -0.05) is 0 Å². The lowest BCUT2D eigenvalue weighted by Gasteiger charge is -2.41. The van der Waals surface area contributed by atoms with Crippen molar-refractivity contribution in [3.8, 4) is 0 Å². The monoisotopic (exact) mass is 598 g/mol. The van der Waals surface area contributed by atoms with Gasteiger partial charge < -0.3 is 4.74 Å². The third-order valence-corrected chi connectivity index (χ3v) is 3.10. The number of halogens is 22. The molecule has 0 aliphatic carbocycles. The largest absolute Gasteiger partial charge is 0.471 e. The maximum atomic E-state index is 13.8. The summed E-state index contributed by atoms with van der Waals surface area (Å²) in [7, 11) is 0. The average molecular weight is 598 g/mol. The number of alkyl halides is 19. The molecule has 0 bridgehead atoms. The van der Waals surface area contributed by atoms with Crippen LogP contribution in [-0.2, 0) is 14.2 Å². The molecule has 0 heterocycles. The van der Waals surface area contributed by atoms with Crippen LogP contribution in [0, 0.1) is 0 Å². The average Bonchev–Trinajstić information content (AvgIpc) is 2.56. The van der Waals surface area contributed by atoms with Gasteiger partial charge in [0.2, 0.25) is 0 Å². The highest BCUT2D eigenvalue weighted by molar-refractivity contribution is 4.97. The molecule has 2 atom stereocenters. The van der Waals surface area contributed by atoms with Crippen molar-refractivity contribution in [1.82, 2.24) is 0 Å². The molecule has 2 unspecified atom stereocenters. The van der Waals surface area contributed by atoms with E-state index in [1.807, 2.05) is 0 Å². The Labute approximate surface area is 179 Å². The van der Waals surface area contributed by atoms with Gasteiger partial charge in [0.25, 0.3) is 0 Å². The summed E-state index contributed by atoms with van der Waals surface area (Å²) in [5.41, 5.74) is 0. The summed E-state index contributed by atoms with van der Waals surface area (Å²) >= 11 is 0. The first-order valence-corrected chi connectivity index (χ1v) is 7.13. The van der Waals surface area contributed by atoms with Crippen molar-refractivity contribution in [3.05, 3.63) is 12.1 Å². The molecule has 0 rings (SSSR count). The van der Waals surface area contributed by atoms with Gasteiger partial charge in [-0.25, -0.2) is 0 Å². The summed E-state index contributed by atoms with van der Waals surface area (Å²) < 4.78 is 283. The van der Waals surface area contributed by atoms with Crippen LogP contribution >= 0.6 is 0 Å². The van der Waals surface area contributed by atoms with Crippen molar-refractivity contribution in [2.75, 3.05) is 0 Å². The van der Waals surface area contributed by atoms with Gasteiger partial charge in [-0.2, -0.15) is 96.6 Å². The first-order chi connectivity index (χ1) is 15.2. The van der Waals surface area contributed by atoms with E-state index in [4.69, 9.17) is 0 Å². The zero-order valence-electron chi connectivity index (χ0n) is 15.0. The topological polar surface area (TPSA) is 27.7 Å². The molecule has 0 saturated heterocycles. The van der Waals surface area contributed by atoms with Crippen LogP contribution in [-0.4, -0.2) is 54.5 Å². The highest BCUT2D eigenvalue weighted by Crippen LogP contribution is 2.58. The molecule has 0 N–H and O–H groups in total. The molecular formula is C11F22O3. The molecule has 0 aliphatic rings. The first kappa shape index (κ1) is 33.9. The highest BCUT2D eigenvalue weighted by Gasteiger charge is 2.87. The second kappa shape index (κ2) is 9.04. The fourth-order valence-electron chi connectivity index (χ4n) is 1.43. The van der Waals surface area contributed by atoms with E-state index in [1.54, 1.807) is 4.74 Å². The van der Waals surface area contributed by atoms with E-state index < -0.39 is 66.6 Å². The maximum Gasteiger partial charge on any atom is 0.471 e. The van der Waals surface area contributed by atoms with E-state index >= 15 is 0 Å². The molecule has 36 heavy (non-hydrogen) atoms. The van der Waals surface area contributed by atoms with Crippen LogP contribution in [0.4, 0.5) is 96.6 Å². The van der Waals surface area contributed by atoms with Gasteiger partial charge in [0.05, 0.1) is 0 Å². The predicted molar refractivity (Wildman–Crippen MR) is 59.2 cm³/mol. The Hall–Kier alpha value is -2.08. The summed E-state index contributed by atoms with van der Waals surface area (Å²) in [5, 5.41) is 0. The SMILES string of the molecule is FC(F)=C(F)OC(F)(F)C(F)(OC(F)(F)C(F)(OC(F)(F)C(F)(F)C(F)(F)F)C(F)(F)F)C(F)(F)F. The van der Waals surface area contributed by atoms with Gasteiger partial charge in [-0.3, -0.25) is 9.47 Å². The maximum absolute atomic E-state index is 13.8. The number of hydrogen-bond acceptors (Lipinski definition) is 3. The van der Waals surface area contributed by atoms with Crippen LogP contribution in [0.3, 0.4) is 0 Å². The third kappa shape index (κ3) is 5.74. The Balaban J connectivity index is 7.00. The molecule has 0 fully saturated rings. The van der Waals surface area contributed by atoms with Crippen molar-refractivity contribution in [3.63, 3.8) is 0 Å². The molecule has 25 heteroatoms. The smallest absolute Gasteiger partial charge is 0.398 e. The van der Waals surface area contributed by atoms with E-state index in [1.165, 1.54) is 0 Å². The molecule has 3 nitrogen and oxygen atoms in total. The molecule has 0 radical (unpaired) electrons. The normalized spacial score (nSPS) is 18.4. The van der Waals surface area contributed by atoms with Gasteiger partial charge in [0, 0.05) is 0 Å². The van der Waals surface area contributed by atoms with Gasteiger partial charge in [0.1, 0.15) is 0 Å². The van der Waals surface area contributed by atoms with E-state index in [9.17, 15) is 96.6 Å². The van der Waals surface area contributed by atoms with Crippen LogP contribution in [0.5, 0.6) is 0 Å². The summed E-state index contributed by atoms with van der Waals surface area (Å²) in [6, 6.07) is -4.28. The fraction of sp³-hybridized carbons (Fsp3) is 0.818. The molecule has 0 aliphatic heterocycles. The summed E-state index contributed by atoms with van der Waals surface area (Å²) in [4.78, 5) is 0. The third-order valence-electron chi connectivity index (χ3n) is 3.10. The van der Waals surface area contributed by atoms with Crippen LogP contribution in [0.1, 0.15) is 0 Å². The molecule has 0 amide bonds. The van der Waals surface area contributed by atoms with Crippen LogP contribution < -0.4 is 0 Å². The van der Waals surface area contributed by atoms with Gasteiger partial charge >= 0.3 is 66.6 Å². The Morgan fingerprint density at radius 2 is 0.694 bits per heavy atom. The Morgan fingerprint density at radius 1 is 0.389 bits per heavy atom. The minimum Gasteiger partial charge on any atom is -0.398 e. The summed E-state index contributed by atoms with van der Waals surface area (Å²) in [6.07, 6.45) is -52.9. The molecule has 216 valence electrons. The fourth-order valence-corrected chi connectivity index (χ4v) is 1.43. The van der Waals surface area contributed by atoms with E-state index in [2.05, 4.69) is 0 Å². The molecule has 0 aromatic rings. The Bertz CT molecular complexity index is 817. The van der Waals surface area contributed by atoms with Gasteiger partial charge in [0.15, 0.2) is 0 Å². The van der Waals surface area contributed by atoms with Crippen molar-refractivity contribution < 1.29 is 111 Å². The van der Waals surface area contributed by atoms with Crippen LogP contribution in [0.2, 0.25) is 0 Å². The zero-order chi connectivity index (χ0) is 29.8. The standard InChI is InChI=1S/C11F22O3/c12-1(13)2(14)34-10(30,31)4(17,7(22,23)24)36-11(32,33)5(18,8(25,26)27)35-9(28,29)3(15,16)6(19,20)21. The van der Waals surface area contributed by atoms with Gasteiger partial charge in [-0.05, 0) is 0 Å². The Kier molecular flexibility index (Phi) is 8.52. The van der Waals surface area contributed by atoms with E-state index in [-0.39, 0.29) is 0 Å². The predicted octanol–water partition coefficient (Wildman–Crippen LogP) is 7.50. The molecule has 0 spiro atoms. The number of ether oxygens (including phenoxy) is 3. The van der Waals surface area contributed by atoms with E-state index in [0.29, 0.717) is 0 Å². The summed E-state index contributed by atoms with van der Waals surface area (Å²) in [5.74, 6) is -24.8. The van der Waals surface area contributed by atoms with Gasteiger partial charge in [-0.15, -0.1) is 0 Å². The summed E-state index contributed by atoms with van der Waals surface area (Å²) in [6.45, 7) is 0. The minimum atomic E-state index is -8.51. The first-order valence-electron chi connectivity index (χ1n) is 7.13. The quantitative estimate of drug-likeness (QED) is 0.203. The lowest BCUT2D eigenvalue weighted by Crippen LogP contribution is -2.69. The lowest BCUT2D eigenvalue weighted by atomic mass is 10.2. The molecule has 0 aromatic heterocycles. The second-order valence-electron chi connectivity index (χ2n) is 5.65.